The van der Waals surface area contributed by atoms with Crippen LogP contribution in [-0.4, -0.2) is 66.8 Å². The van der Waals surface area contributed by atoms with E-state index in [-0.39, 0.29) is 12.6 Å². The maximum atomic E-state index is 12.6. The summed E-state index contributed by atoms with van der Waals surface area (Å²) in [5, 5.41) is 19.9. The first-order valence-corrected chi connectivity index (χ1v) is 26.3. The van der Waals surface area contributed by atoms with Gasteiger partial charge in [-0.1, -0.05) is 195 Å². The number of carbonyl (C=O) groups is 1. The van der Waals surface area contributed by atoms with E-state index in [1.54, 1.807) is 0 Å². The average molecular weight is 824 g/mol. The third-order valence-corrected chi connectivity index (χ3v) is 12.5. The number of nitrogens with zero attached hydrogens (tertiary/aromatic N) is 1. The molecule has 0 fully saturated rings. The molecular formula is C52H105NO5. The van der Waals surface area contributed by atoms with Crippen LogP contribution in [0.3, 0.4) is 0 Å². The van der Waals surface area contributed by atoms with Crippen LogP contribution in [0.25, 0.3) is 0 Å². The topological polar surface area (TPSA) is 79.2 Å². The second kappa shape index (κ2) is 47.4. The summed E-state index contributed by atoms with van der Waals surface area (Å²) in [5.74, 6) is 1.15. The highest BCUT2D eigenvalue weighted by Gasteiger charge is 2.14. The maximum absolute atomic E-state index is 12.6. The molecule has 58 heavy (non-hydrogen) atoms. The van der Waals surface area contributed by atoms with Crippen LogP contribution in [-0.2, 0) is 14.3 Å². The van der Waals surface area contributed by atoms with E-state index >= 15 is 0 Å². The number of hydrogen-bond acceptors (Lipinski definition) is 6. The lowest BCUT2D eigenvalue weighted by atomic mass is 9.95. The lowest BCUT2D eigenvalue weighted by Gasteiger charge is -2.22. The van der Waals surface area contributed by atoms with E-state index < -0.39 is 6.29 Å². The zero-order valence-electron chi connectivity index (χ0n) is 39.9. The van der Waals surface area contributed by atoms with Gasteiger partial charge in [-0.2, -0.15) is 0 Å². The van der Waals surface area contributed by atoms with Gasteiger partial charge in [-0.15, -0.1) is 0 Å². The van der Waals surface area contributed by atoms with E-state index in [9.17, 15) is 15.0 Å². The Balaban J connectivity index is 4.21. The number of ether oxygens (including phenoxy) is 2. The second-order valence-electron chi connectivity index (χ2n) is 18.4. The molecule has 3 atom stereocenters. The van der Waals surface area contributed by atoms with Crippen molar-refractivity contribution in [2.24, 2.45) is 11.8 Å². The summed E-state index contributed by atoms with van der Waals surface area (Å²) < 4.78 is 11.8. The van der Waals surface area contributed by atoms with Crippen molar-refractivity contribution in [1.29, 1.82) is 0 Å². The Kier molecular flexibility index (Phi) is 46.8. The molecule has 6 heteroatoms. The molecule has 0 saturated carbocycles. The van der Waals surface area contributed by atoms with Gasteiger partial charge >= 0.3 is 5.97 Å². The standard InChI is InChI=1S/C52H105NO5/c1-5-9-13-17-21-29-39-49(37-27-15-11-7-3)47-57-51(55)41-31-23-19-25-33-43-53(45-35-36-46-54)44-34-26-20-24-32-42-52(56)58-48-50(38-28-16-12-8-4)40-30-22-18-14-10-6-2/h49-51,54-55H,5-48H2,1-4H3. The van der Waals surface area contributed by atoms with Crippen molar-refractivity contribution in [3.8, 4) is 0 Å². The SMILES string of the molecule is CCCCCCCCC(CCCCCC)COC(=O)CCCCCCCN(CCCCO)CCCCCCCC(O)OCC(CCCCCC)CCCCCCCC. The number of rotatable bonds is 49. The van der Waals surface area contributed by atoms with Crippen LogP contribution in [0.4, 0.5) is 0 Å². The minimum Gasteiger partial charge on any atom is -0.465 e. The molecule has 0 rings (SSSR count). The number of hydrogen-bond donors (Lipinski definition) is 2. The molecular weight excluding hydrogens is 719 g/mol. The van der Waals surface area contributed by atoms with Gasteiger partial charge in [0.1, 0.15) is 0 Å². The smallest absolute Gasteiger partial charge is 0.305 e. The van der Waals surface area contributed by atoms with Gasteiger partial charge in [0, 0.05) is 13.0 Å². The van der Waals surface area contributed by atoms with E-state index in [1.807, 2.05) is 0 Å². The quantitative estimate of drug-likeness (QED) is 0.0361. The Hall–Kier alpha value is -0.690. The highest BCUT2D eigenvalue weighted by atomic mass is 16.6. The van der Waals surface area contributed by atoms with Crippen molar-refractivity contribution in [1.82, 2.24) is 4.90 Å². The molecule has 0 bridgehead atoms. The first-order valence-electron chi connectivity index (χ1n) is 26.3. The van der Waals surface area contributed by atoms with Crippen molar-refractivity contribution in [3.63, 3.8) is 0 Å². The molecule has 0 aromatic carbocycles. The van der Waals surface area contributed by atoms with Gasteiger partial charge in [-0.25, -0.2) is 0 Å². The lowest BCUT2D eigenvalue weighted by molar-refractivity contribution is -0.145. The van der Waals surface area contributed by atoms with Gasteiger partial charge in [0.2, 0.25) is 0 Å². The van der Waals surface area contributed by atoms with Crippen LogP contribution < -0.4 is 0 Å². The molecule has 0 heterocycles. The van der Waals surface area contributed by atoms with Crippen molar-refractivity contribution >= 4 is 5.97 Å². The number of unbranched alkanes of at least 4 members (excludes halogenated alkanes) is 25. The molecule has 3 unspecified atom stereocenters. The molecule has 0 aliphatic carbocycles. The van der Waals surface area contributed by atoms with Crippen molar-refractivity contribution < 1.29 is 24.5 Å². The number of carbonyl (C=O) groups excluding carboxylic acids is 1. The van der Waals surface area contributed by atoms with Crippen molar-refractivity contribution in [3.05, 3.63) is 0 Å². The number of esters is 1. The summed E-state index contributed by atoms with van der Waals surface area (Å²) in [6.45, 7) is 14.1. The highest BCUT2D eigenvalue weighted by Crippen LogP contribution is 2.22. The van der Waals surface area contributed by atoms with Crippen LogP contribution in [0, 0.1) is 11.8 Å². The lowest BCUT2D eigenvalue weighted by Crippen LogP contribution is -2.27. The number of aliphatic hydroxyl groups excluding tert-OH is 2. The zero-order chi connectivity index (χ0) is 42.4. The van der Waals surface area contributed by atoms with Crippen LogP contribution in [0.15, 0.2) is 0 Å². The molecule has 6 nitrogen and oxygen atoms in total. The summed E-state index contributed by atoms with van der Waals surface area (Å²) in [7, 11) is 0. The Bertz CT molecular complexity index is 796. The molecule has 0 aromatic rings. The van der Waals surface area contributed by atoms with E-state index in [0.29, 0.717) is 24.9 Å². The molecule has 0 aromatic heterocycles. The Morgan fingerprint density at radius 3 is 1.22 bits per heavy atom. The van der Waals surface area contributed by atoms with Gasteiger partial charge in [-0.05, 0) is 102 Å². The van der Waals surface area contributed by atoms with Gasteiger partial charge in [0.05, 0.1) is 13.2 Å². The van der Waals surface area contributed by atoms with E-state index in [0.717, 1.165) is 71.2 Å². The fourth-order valence-electron chi connectivity index (χ4n) is 8.48. The second-order valence-corrected chi connectivity index (χ2v) is 18.4. The van der Waals surface area contributed by atoms with E-state index in [1.165, 1.54) is 193 Å². The van der Waals surface area contributed by atoms with Gasteiger partial charge in [0.15, 0.2) is 6.29 Å². The first kappa shape index (κ1) is 57.3. The molecule has 0 aliphatic heterocycles. The van der Waals surface area contributed by atoms with Gasteiger partial charge in [-0.3, -0.25) is 4.79 Å². The summed E-state index contributed by atoms with van der Waals surface area (Å²) in [4.78, 5) is 15.2. The Labute approximate surface area is 363 Å². The maximum Gasteiger partial charge on any atom is 0.305 e. The number of aliphatic hydroxyl groups is 2. The molecule has 0 amide bonds. The van der Waals surface area contributed by atoms with Crippen LogP contribution in [0.1, 0.15) is 272 Å². The van der Waals surface area contributed by atoms with Crippen molar-refractivity contribution in [2.75, 3.05) is 39.5 Å². The molecule has 0 aliphatic rings. The summed E-state index contributed by atoms with van der Waals surface area (Å²) in [5.41, 5.74) is 0. The highest BCUT2D eigenvalue weighted by molar-refractivity contribution is 5.69. The Morgan fingerprint density at radius 1 is 0.431 bits per heavy atom. The predicted molar refractivity (Wildman–Crippen MR) is 252 cm³/mol. The zero-order valence-corrected chi connectivity index (χ0v) is 39.9. The largest absolute Gasteiger partial charge is 0.465 e. The summed E-state index contributed by atoms with van der Waals surface area (Å²) in [6.07, 6.45) is 45.5. The molecule has 0 radical (unpaired) electrons. The summed E-state index contributed by atoms with van der Waals surface area (Å²) in [6, 6.07) is 0. The van der Waals surface area contributed by atoms with Gasteiger partial charge < -0.3 is 24.6 Å². The van der Waals surface area contributed by atoms with Crippen LogP contribution >= 0.6 is 0 Å². The molecule has 0 spiro atoms. The Morgan fingerprint density at radius 2 is 0.776 bits per heavy atom. The third kappa shape index (κ3) is 42.0. The monoisotopic (exact) mass is 824 g/mol. The van der Waals surface area contributed by atoms with E-state index in [4.69, 9.17) is 9.47 Å². The van der Waals surface area contributed by atoms with Gasteiger partial charge in [0.25, 0.3) is 0 Å². The first-order chi connectivity index (χ1) is 28.5. The third-order valence-electron chi connectivity index (χ3n) is 12.5. The molecule has 0 saturated heterocycles. The van der Waals surface area contributed by atoms with E-state index in [2.05, 4.69) is 32.6 Å². The van der Waals surface area contributed by atoms with Crippen LogP contribution in [0.2, 0.25) is 0 Å². The molecule has 348 valence electrons. The predicted octanol–water partition coefficient (Wildman–Crippen LogP) is 15.3. The minimum absolute atomic E-state index is 0.0109. The summed E-state index contributed by atoms with van der Waals surface area (Å²) >= 11 is 0. The molecule has 2 N–H and O–H groups in total. The normalized spacial score (nSPS) is 13.4. The average Bonchev–Trinajstić information content (AvgIpc) is 3.22. The fraction of sp³-hybridized carbons (Fsp3) is 0.981. The van der Waals surface area contributed by atoms with Crippen LogP contribution in [0.5, 0.6) is 0 Å². The minimum atomic E-state index is -0.610. The van der Waals surface area contributed by atoms with Crippen molar-refractivity contribution in [2.45, 2.75) is 278 Å². The fourth-order valence-corrected chi connectivity index (χ4v) is 8.48.